The topological polar surface area (TPSA) is 68.0 Å². The van der Waals surface area contributed by atoms with Gasteiger partial charge in [0, 0.05) is 18.4 Å². The Kier molecular flexibility index (Phi) is 5.90. The molecule has 0 saturated heterocycles. The lowest BCUT2D eigenvalue weighted by atomic mass is 9.94. The van der Waals surface area contributed by atoms with Crippen molar-refractivity contribution in [3.8, 4) is 0 Å². The van der Waals surface area contributed by atoms with E-state index >= 15 is 0 Å². The first-order chi connectivity index (χ1) is 11.0. The van der Waals surface area contributed by atoms with Crippen LogP contribution in [0.4, 0.5) is 0 Å². The van der Waals surface area contributed by atoms with Crippen LogP contribution in [0.15, 0.2) is 36.5 Å². The van der Waals surface area contributed by atoms with E-state index in [9.17, 15) is 4.79 Å². The van der Waals surface area contributed by atoms with E-state index in [1.807, 2.05) is 26.0 Å². The Morgan fingerprint density at radius 2 is 2.26 bits per heavy atom. The Hall–Kier alpha value is -2.17. The van der Waals surface area contributed by atoms with Crippen molar-refractivity contribution in [2.24, 2.45) is 0 Å². The predicted octanol–water partition coefficient (Wildman–Crippen LogP) is 3.81. The van der Waals surface area contributed by atoms with Crippen molar-refractivity contribution in [2.45, 2.75) is 57.9 Å². The molecule has 1 N–H and O–H groups in total. The first kappa shape index (κ1) is 17.2. The quantitative estimate of drug-likeness (QED) is 0.897. The van der Waals surface area contributed by atoms with Gasteiger partial charge in [0.1, 0.15) is 11.6 Å². The van der Waals surface area contributed by atoms with Gasteiger partial charge in [0.05, 0.1) is 6.42 Å². The molecule has 0 saturated carbocycles. The van der Waals surface area contributed by atoms with E-state index in [1.54, 1.807) is 0 Å². The average molecular weight is 315 g/mol. The second-order valence-corrected chi connectivity index (χ2v) is 6.08. The number of aromatic nitrogens is 3. The molecule has 0 amide bonds. The molecule has 2 atom stereocenters. The molecule has 2 rings (SSSR count). The van der Waals surface area contributed by atoms with Crippen LogP contribution in [-0.2, 0) is 11.3 Å². The average Bonchev–Trinajstić information content (AvgIpc) is 2.94. The number of nitrogens with zero attached hydrogens (tertiary/aromatic N) is 3. The molecule has 0 aliphatic heterocycles. The Morgan fingerprint density at radius 1 is 1.48 bits per heavy atom. The molecular formula is C18H25N3O2. The first-order valence-corrected chi connectivity index (χ1v) is 8.18. The predicted molar refractivity (Wildman–Crippen MR) is 90.4 cm³/mol. The van der Waals surface area contributed by atoms with E-state index in [1.165, 1.54) is 0 Å². The van der Waals surface area contributed by atoms with E-state index in [4.69, 9.17) is 5.11 Å². The zero-order chi connectivity index (χ0) is 16.8. The van der Waals surface area contributed by atoms with Gasteiger partial charge in [-0.05, 0) is 26.2 Å². The van der Waals surface area contributed by atoms with Crippen LogP contribution in [0.2, 0.25) is 0 Å². The monoisotopic (exact) mass is 315 g/mol. The normalized spacial score (nSPS) is 22.7. The SMILES string of the molecule is C=C1/C=C\C=C/CCC(c2nnc(C(C)CC(=O)O)n2CC)C1. The summed E-state index contributed by atoms with van der Waals surface area (Å²) in [5.41, 5.74) is 1.08. The summed E-state index contributed by atoms with van der Waals surface area (Å²) in [6, 6.07) is 0. The van der Waals surface area contributed by atoms with E-state index in [0.717, 1.165) is 43.0 Å². The minimum Gasteiger partial charge on any atom is -0.481 e. The molecule has 0 aromatic carbocycles. The van der Waals surface area contributed by atoms with E-state index in [0.29, 0.717) is 0 Å². The number of aliphatic carboxylic acids is 1. The molecule has 1 aromatic heterocycles. The fourth-order valence-corrected chi connectivity index (χ4v) is 3.04. The third-order valence-corrected chi connectivity index (χ3v) is 4.18. The highest BCUT2D eigenvalue weighted by Crippen LogP contribution is 2.30. The Balaban J connectivity index is 2.29. The fraction of sp³-hybridized carbons (Fsp3) is 0.500. The number of allylic oxidation sites excluding steroid dienone is 5. The molecule has 5 heteroatoms. The maximum absolute atomic E-state index is 11.0. The van der Waals surface area contributed by atoms with Gasteiger partial charge in [-0.15, -0.1) is 10.2 Å². The summed E-state index contributed by atoms with van der Waals surface area (Å²) in [6.07, 6.45) is 11.2. The molecule has 0 spiro atoms. The summed E-state index contributed by atoms with van der Waals surface area (Å²) >= 11 is 0. The van der Waals surface area contributed by atoms with Crippen LogP contribution in [0.3, 0.4) is 0 Å². The minimum atomic E-state index is -0.809. The summed E-state index contributed by atoms with van der Waals surface area (Å²) in [5, 5.41) is 17.7. The molecule has 1 aromatic rings. The lowest BCUT2D eigenvalue weighted by Gasteiger charge is -2.18. The van der Waals surface area contributed by atoms with E-state index in [-0.39, 0.29) is 18.3 Å². The first-order valence-electron chi connectivity index (χ1n) is 8.18. The van der Waals surface area contributed by atoms with Gasteiger partial charge in [0.25, 0.3) is 0 Å². The van der Waals surface area contributed by atoms with Crippen LogP contribution >= 0.6 is 0 Å². The largest absolute Gasteiger partial charge is 0.481 e. The van der Waals surface area contributed by atoms with Gasteiger partial charge in [-0.2, -0.15) is 0 Å². The number of hydrogen-bond acceptors (Lipinski definition) is 3. The highest BCUT2D eigenvalue weighted by molar-refractivity contribution is 5.67. The smallest absolute Gasteiger partial charge is 0.304 e. The van der Waals surface area contributed by atoms with Gasteiger partial charge in [-0.1, -0.05) is 43.4 Å². The zero-order valence-electron chi connectivity index (χ0n) is 13.9. The number of carboxylic acid groups (broad SMARTS) is 1. The second kappa shape index (κ2) is 7.90. The van der Waals surface area contributed by atoms with Crippen molar-refractivity contribution in [2.75, 3.05) is 0 Å². The van der Waals surface area contributed by atoms with Gasteiger partial charge in [-0.3, -0.25) is 4.79 Å². The summed E-state index contributed by atoms with van der Waals surface area (Å²) in [4.78, 5) is 11.0. The lowest BCUT2D eigenvalue weighted by Crippen LogP contribution is -2.14. The van der Waals surface area contributed by atoms with Crippen molar-refractivity contribution >= 4 is 5.97 Å². The number of rotatable bonds is 5. The summed E-state index contributed by atoms with van der Waals surface area (Å²) in [6.45, 7) is 8.80. The maximum atomic E-state index is 11.0. The second-order valence-electron chi connectivity index (χ2n) is 6.08. The zero-order valence-corrected chi connectivity index (χ0v) is 13.9. The molecule has 2 unspecified atom stereocenters. The standard InChI is InChI=1S/C18H25N3O2/c1-4-21-17(14(3)12-16(22)23)19-20-18(21)15-10-8-6-5-7-9-13(2)11-15/h5-7,9,14-15H,2,4,8,10-12H2,1,3H3,(H,22,23)/b6-5-,9-7-. The van der Waals surface area contributed by atoms with Gasteiger partial charge < -0.3 is 9.67 Å². The third kappa shape index (κ3) is 4.41. The molecule has 1 aliphatic carbocycles. The van der Waals surface area contributed by atoms with Gasteiger partial charge in [0.2, 0.25) is 0 Å². The van der Waals surface area contributed by atoms with E-state index < -0.39 is 5.97 Å². The Morgan fingerprint density at radius 3 is 2.96 bits per heavy atom. The number of carboxylic acids is 1. The molecule has 5 nitrogen and oxygen atoms in total. The lowest BCUT2D eigenvalue weighted by molar-refractivity contribution is -0.137. The molecule has 124 valence electrons. The van der Waals surface area contributed by atoms with Crippen LogP contribution in [0, 0.1) is 0 Å². The van der Waals surface area contributed by atoms with Crippen LogP contribution in [-0.4, -0.2) is 25.8 Å². The number of carbonyl (C=O) groups is 1. The summed E-state index contributed by atoms with van der Waals surface area (Å²) < 4.78 is 2.08. The molecular weight excluding hydrogens is 290 g/mol. The van der Waals surface area contributed by atoms with Crippen molar-refractivity contribution in [1.82, 2.24) is 14.8 Å². The molecule has 1 aliphatic rings. The molecule has 0 radical (unpaired) electrons. The van der Waals surface area contributed by atoms with Crippen LogP contribution in [0.5, 0.6) is 0 Å². The number of hydrogen-bond donors (Lipinski definition) is 1. The van der Waals surface area contributed by atoms with E-state index in [2.05, 4.69) is 33.5 Å². The summed E-state index contributed by atoms with van der Waals surface area (Å²) in [7, 11) is 0. The molecule has 23 heavy (non-hydrogen) atoms. The van der Waals surface area contributed by atoms with Crippen molar-refractivity contribution in [1.29, 1.82) is 0 Å². The summed E-state index contributed by atoms with van der Waals surface area (Å²) in [5.74, 6) is 1.02. The van der Waals surface area contributed by atoms with Crippen LogP contribution in [0.1, 0.15) is 63.0 Å². The van der Waals surface area contributed by atoms with Crippen LogP contribution < -0.4 is 0 Å². The fourth-order valence-electron chi connectivity index (χ4n) is 3.04. The van der Waals surface area contributed by atoms with Crippen molar-refractivity contribution in [3.05, 3.63) is 48.1 Å². The van der Waals surface area contributed by atoms with Gasteiger partial charge in [0.15, 0.2) is 0 Å². The van der Waals surface area contributed by atoms with Crippen LogP contribution in [0.25, 0.3) is 0 Å². The molecule has 0 bridgehead atoms. The van der Waals surface area contributed by atoms with Gasteiger partial charge in [-0.25, -0.2) is 0 Å². The highest BCUT2D eigenvalue weighted by atomic mass is 16.4. The molecule has 1 heterocycles. The Labute approximate surface area is 137 Å². The Bertz CT molecular complexity index is 628. The third-order valence-electron chi connectivity index (χ3n) is 4.18. The minimum absolute atomic E-state index is 0.0704. The van der Waals surface area contributed by atoms with Gasteiger partial charge >= 0.3 is 5.97 Å². The highest BCUT2D eigenvalue weighted by Gasteiger charge is 2.24. The molecule has 0 fully saturated rings. The van der Waals surface area contributed by atoms with Crippen molar-refractivity contribution in [3.63, 3.8) is 0 Å². The maximum Gasteiger partial charge on any atom is 0.304 e. The van der Waals surface area contributed by atoms with Crippen molar-refractivity contribution < 1.29 is 9.90 Å².